The number of aliphatic hydroxyl groups is 1. The molecule has 0 fully saturated rings. The maximum atomic E-state index is 10.9. The first kappa shape index (κ1) is 23.1. The fourth-order valence-electron chi connectivity index (χ4n) is 1.34. The monoisotopic (exact) mass is 328 g/mol. The molecular formula is C13H21NaO6S. The van der Waals surface area contributed by atoms with Crippen LogP contribution in [0.3, 0.4) is 0 Å². The van der Waals surface area contributed by atoms with Crippen molar-refractivity contribution in [3.8, 4) is 0 Å². The molecule has 0 aliphatic rings. The molecule has 0 amide bonds. The molecule has 0 radical (unpaired) electrons. The van der Waals surface area contributed by atoms with E-state index < -0.39 is 15.6 Å². The van der Waals surface area contributed by atoms with Crippen LogP contribution in [-0.4, -0.2) is 36.1 Å². The number of esters is 1. The van der Waals surface area contributed by atoms with Crippen LogP contribution in [0.4, 0.5) is 0 Å². The van der Waals surface area contributed by atoms with Crippen LogP contribution in [-0.2, 0) is 19.6 Å². The van der Waals surface area contributed by atoms with Gasteiger partial charge in [0, 0.05) is 6.42 Å². The van der Waals surface area contributed by atoms with E-state index in [0.717, 1.165) is 5.57 Å². The van der Waals surface area contributed by atoms with Crippen molar-refractivity contribution in [2.45, 2.75) is 45.5 Å². The van der Waals surface area contributed by atoms with Gasteiger partial charge in [0.05, 0.1) is 0 Å². The second-order valence-corrected chi connectivity index (χ2v) is 5.85. The molecule has 116 valence electrons. The molecule has 0 rings (SSSR count). The van der Waals surface area contributed by atoms with E-state index in [2.05, 4.69) is 0 Å². The van der Waals surface area contributed by atoms with Crippen molar-refractivity contribution in [2.75, 3.05) is 6.61 Å². The van der Waals surface area contributed by atoms with Crippen LogP contribution in [0.2, 0.25) is 0 Å². The zero-order valence-electron chi connectivity index (χ0n) is 13.0. The van der Waals surface area contributed by atoms with Crippen LogP contribution in [0.5, 0.6) is 0 Å². The molecule has 0 heterocycles. The molecule has 0 aromatic carbocycles. The first-order valence-corrected chi connectivity index (χ1v) is 7.76. The minimum Gasteiger partial charge on any atom is -0.746 e. The van der Waals surface area contributed by atoms with Gasteiger partial charge >= 0.3 is 35.5 Å². The van der Waals surface area contributed by atoms with Gasteiger partial charge in [0.1, 0.15) is 16.7 Å². The average Bonchev–Trinajstić information content (AvgIpc) is 2.36. The van der Waals surface area contributed by atoms with Crippen molar-refractivity contribution in [3.63, 3.8) is 0 Å². The number of ether oxygens (including phenoxy) is 1. The fraction of sp³-hybridized carbons (Fsp3) is 0.615. The van der Waals surface area contributed by atoms with E-state index in [1.807, 2.05) is 6.92 Å². The van der Waals surface area contributed by atoms with Gasteiger partial charge in [0.15, 0.2) is 5.44 Å². The quantitative estimate of drug-likeness (QED) is 0.251. The second kappa shape index (κ2) is 11.4. The summed E-state index contributed by atoms with van der Waals surface area (Å²) in [5, 5.41) is 9.21. The number of allylic oxidation sites excluding steroid dienone is 2. The Hall–Kier alpha value is -0.180. The summed E-state index contributed by atoms with van der Waals surface area (Å²) < 4.78 is 36.7. The molecular weight excluding hydrogens is 307 g/mol. The Labute approximate surface area is 148 Å². The van der Waals surface area contributed by atoms with E-state index in [9.17, 15) is 22.9 Å². The summed E-state index contributed by atoms with van der Waals surface area (Å²) in [4.78, 5) is 10.9. The van der Waals surface area contributed by atoms with Gasteiger partial charge in [-0.15, -0.1) is 0 Å². The van der Waals surface area contributed by atoms with Crippen molar-refractivity contribution in [1.82, 2.24) is 0 Å². The maximum Gasteiger partial charge on any atom is 1.00 e. The third-order valence-electron chi connectivity index (χ3n) is 2.63. The van der Waals surface area contributed by atoms with Crippen LogP contribution >= 0.6 is 0 Å². The molecule has 0 saturated carbocycles. The van der Waals surface area contributed by atoms with Gasteiger partial charge in [-0.2, -0.15) is 0 Å². The van der Waals surface area contributed by atoms with E-state index >= 15 is 0 Å². The minimum absolute atomic E-state index is 0. The maximum absolute atomic E-state index is 10.9. The average molecular weight is 328 g/mol. The number of carbonyl (C=O) groups excluding carboxylic acids is 1. The number of hydrogen-bond acceptors (Lipinski definition) is 6. The van der Waals surface area contributed by atoms with Gasteiger partial charge in [-0.3, -0.25) is 4.79 Å². The van der Waals surface area contributed by atoms with Crippen LogP contribution in [0.25, 0.3) is 0 Å². The third-order valence-corrected chi connectivity index (χ3v) is 3.55. The Balaban J connectivity index is 0. The Bertz CT molecular complexity index is 481. The van der Waals surface area contributed by atoms with Crippen molar-refractivity contribution < 1.29 is 57.2 Å². The van der Waals surface area contributed by atoms with Gasteiger partial charge in [-0.05, 0) is 38.3 Å². The molecule has 0 aliphatic heterocycles. The van der Waals surface area contributed by atoms with E-state index in [1.165, 1.54) is 13.0 Å². The van der Waals surface area contributed by atoms with Crippen LogP contribution in [0, 0.1) is 0 Å². The zero-order chi connectivity index (χ0) is 15.8. The van der Waals surface area contributed by atoms with Gasteiger partial charge in [-0.1, -0.05) is 18.6 Å². The number of carbonyl (C=O) groups is 1. The van der Waals surface area contributed by atoms with Crippen molar-refractivity contribution in [1.29, 1.82) is 0 Å². The standard InChI is InChI=1S/C13H22O6S.Na/c1-4-12(14)19-9-8-10(2)6-5-7-11(3)13(15)20(16,17)18;/h7-8,13,15H,4-6,9H2,1-3H3,(H,16,17,18);/q;+1/p-1. The van der Waals surface area contributed by atoms with E-state index in [-0.39, 0.29) is 47.7 Å². The Kier molecular flexibility index (Phi) is 12.5. The minimum atomic E-state index is -4.71. The first-order valence-electron chi connectivity index (χ1n) is 6.29. The number of hydrogen-bond donors (Lipinski definition) is 1. The summed E-state index contributed by atoms with van der Waals surface area (Å²) >= 11 is 0. The number of aliphatic hydroxyl groups excluding tert-OH is 1. The molecule has 0 bridgehead atoms. The SMILES string of the molecule is CCC(=O)OCC=C(C)CCC=C(C)C(O)S(=O)(=O)[O-].[Na+]. The van der Waals surface area contributed by atoms with Crippen LogP contribution < -0.4 is 29.6 Å². The van der Waals surface area contributed by atoms with Gasteiger partial charge in [0.25, 0.3) is 0 Å². The number of rotatable bonds is 8. The molecule has 1 atom stereocenters. The smallest absolute Gasteiger partial charge is 0.746 e. The largest absolute Gasteiger partial charge is 1.00 e. The molecule has 1 N–H and O–H groups in total. The Morgan fingerprint density at radius 3 is 2.38 bits per heavy atom. The summed E-state index contributed by atoms with van der Waals surface area (Å²) in [6.07, 6.45) is 4.71. The molecule has 0 aromatic heterocycles. The Morgan fingerprint density at radius 1 is 1.33 bits per heavy atom. The molecule has 0 aromatic rings. The second-order valence-electron chi connectivity index (χ2n) is 4.42. The van der Waals surface area contributed by atoms with Gasteiger partial charge in [-0.25, -0.2) is 8.42 Å². The fourth-order valence-corrected chi connectivity index (χ4v) is 1.89. The predicted octanol–water partition coefficient (Wildman–Crippen LogP) is -1.52. The van der Waals surface area contributed by atoms with E-state index in [4.69, 9.17) is 4.74 Å². The summed E-state index contributed by atoms with van der Waals surface area (Å²) in [6.45, 7) is 5.16. The molecule has 1 unspecified atom stereocenters. The summed E-state index contributed by atoms with van der Waals surface area (Å²) in [5.74, 6) is -0.270. The molecule has 0 saturated heterocycles. The third kappa shape index (κ3) is 11.1. The molecule has 6 nitrogen and oxygen atoms in total. The summed E-state index contributed by atoms with van der Waals surface area (Å²) in [5.41, 5.74) is -0.903. The topological polar surface area (TPSA) is 104 Å². The van der Waals surface area contributed by atoms with E-state index in [0.29, 0.717) is 19.3 Å². The van der Waals surface area contributed by atoms with Crippen LogP contribution in [0.1, 0.15) is 40.0 Å². The van der Waals surface area contributed by atoms with Gasteiger partial charge in [0.2, 0.25) is 0 Å². The van der Waals surface area contributed by atoms with Crippen LogP contribution in [0.15, 0.2) is 23.3 Å². The molecule has 0 aliphatic carbocycles. The normalized spacial score (nSPS) is 14.3. The Morgan fingerprint density at radius 2 is 1.90 bits per heavy atom. The molecule has 21 heavy (non-hydrogen) atoms. The van der Waals surface area contributed by atoms with E-state index in [1.54, 1.807) is 13.0 Å². The summed E-state index contributed by atoms with van der Waals surface area (Å²) in [7, 11) is -4.71. The molecule has 8 heteroatoms. The molecule has 0 spiro atoms. The van der Waals surface area contributed by atoms with Crippen molar-refractivity contribution in [2.24, 2.45) is 0 Å². The first-order chi connectivity index (χ1) is 9.18. The zero-order valence-corrected chi connectivity index (χ0v) is 15.8. The predicted molar refractivity (Wildman–Crippen MR) is 73.7 cm³/mol. The van der Waals surface area contributed by atoms with Gasteiger partial charge < -0.3 is 14.4 Å². The summed E-state index contributed by atoms with van der Waals surface area (Å²) in [6, 6.07) is 0. The van der Waals surface area contributed by atoms with Crippen molar-refractivity contribution >= 4 is 16.1 Å². The van der Waals surface area contributed by atoms with Crippen molar-refractivity contribution in [3.05, 3.63) is 23.3 Å².